The van der Waals surface area contributed by atoms with Crippen LogP contribution in [0.1, 0.15) is 0 Å². The van der Waals surface area contributed by atoms with Gasteiger partial charge in [-0.05, 0) is 133 Å². The molecule has 7 aromatic carbocycles. The number of rotatable bonds is 12. The molecule has 0 atom stereocenters. The smallest absolute Gasteiger partial charge is 0.165 e. The molecule has 0 aliphatic rings. The van der Waals surface area contributed by atoms with Crippen molar-refractivity contribution in [2.45, 2.75) is 0 Å². The summed E-state index contributed by atoms with van der Waals surface area (Å²) in [5.74, 6) is 1.62. The first-order chi connectivity index (χ1) is 31.2. The summed E-state index contributed by atoms with van der Waals surface area (Å²) in [6.07, 6.45) is 7.02. The zero-order valence-electron chi connectivity index (χ0n) is 34.2. The molecule has 0 N–H and O–H groups in total. The number of para-hydroxylation sites is 4. The van der Waals surface area contributed by atoms with Crippen LogP contribution in [0.4, 0.5) is 51.2 Å². The molecule has 63 heavy (non-hydrogen) atoms. The number of hydrogen-bond acceptors (Lipinski definition) is 8. The standard InChI is InChI=1S/C55H40N8/c1-5-19-44(20-6-1)61(45-21-7-2-8-22-45)49-27-13-29-51(37-49)63(52-30-14-28-50(38-52)62(46-23-9-3-10-24-46)47-25-11-4-12-26-47)48-33-31-41(32-34-48)53-58-54(42-17-15-35-56-39-42)60-55(59-53)43-18-16-36-57-40-43/h1-40H. The van der Waals surface area contributed by atoms with E-state index in [1.807, 2.05) is 48.5 Å². The molecule has 300 valence electrons. The van der Waals surface area contributed by atoms with Crippen LogP contribution in [0.25, 0.3) is 34.2 Å². The molecule has 8 heteroatoms. The number of nitrogens with zero attached hydrogens (tertiary/aromatic N) is 8. The monoisotopic (exact) mass is 812 g/mol. The summed E-state index contributed by atoms with van der Waals surface area (Å²) in [6.45, 7) is 0. The minimum atomic E-state index is 0.536. The Labute approximate surface area is 366 Å². The van der Waals surface area contributed by atoms with Crippen molar-refractivity contribution in [3.63, 3.8) is 0 Å². The Bertz CT molecular complexity index is 2780. The summed E-state index contributed by atoms with van der Waals surface area (Å²) in [4.78, 5) is 30.3. The van der Waals surface area contributed by atoms with Crippen molar-refractivity contribution in [2.24, 2.45) is 0 Å². The first kappa shape index (κ1) is 38.5. The van der Waals surface area contributed by atoms with E-state index in [1.54, 1.807) is 24.8 Å². The Morgan fingerprint density at radius 3 is 0.873 bits per heavy atom. The second-order valence-corrected chi connectivity index (χ2v) is 14.7. The minimum absolute atomic E-state index is 0.536. The Balaban J connectivity index is 1.11. The second kappa shape index (κ2) is 17.8. The topological polar surface area (TPSA) is 74.2 Å². The molecule has 0 aliphatic heterocycles. The molecule has 0 fully saturated rings. The maximum Gasteiger partial charge on any atom is 0.165 e. The van der Waals surface area contributed by atoms with Gasteiger partial charge in [-0.1, -0.05) is 84.9 Å². The normalized spacial score (nSPS) is 10.9. The van der Waals surface area contributed by atoms with Crippen molar-refractivity contribution >= 4 is 51.2 Å². The van der Waals surface area contributed by atoms with E-state index < -0.39 is 0 Å². The summed E-state index contributed by atoms with van der Waals surface area (Å²) in [7, 11) is 0. The van der Waals surface area contributed by atoms with Crippen LogP contribution >= 0.6 is 0 Å². The molecule has 10 rings (SSSR count). The highest BCUT2D eigenvalue weighted by atomic mass is 15.2. The van der Waals surface area contributed by atoms with Crippen LogP contribution in [0.5, 0.6) is 0 Å². The summed E-state index contributed by atoms with van der Waals surface area (Å²) < 4.78 is 0. The Morgan fingerprint density at radius 2 is 0.540 bits per heavy atom. The van der Waals surface area contributed by atoms with Gasteiger partial charge in [0.2, 0.25) is 0 Å². The minimum Gasteiger partial charge on any atom is -0.310 e. The van der Waals surface area contributed by atoms with Gasteiger partial charge in [0.25, 0.3) is 0 Å². The van der Waals surface area contributed by atoms with Crippen LogP contribution < -0.4 is 14.7 Å². The fourth-order valence-corrected chi connectivity index (χ4v) is 7.71. The average molecular weight is 813 g/mol. The zero-order valence-corrected chi connectivity index (χ0v) is 34.2. The lowest BCUT2D eigenvalue weighted by Crippen LogP contribution is -2.14. The Kier molecular flexibility index (Phi) is 10.9. The summed E-state index contributed by atoms with van der Waals surface area (Å²) in [6, 6.07) is 75.4. The quantitative estimate of drug-likeness (QED) is 0.121. The van der Waals surface area contributed by atoms with E-state index in [0.29, 0.717) is 17.5 Å². The molecule has 0 bridgehead atoms. The summed E-state index contributed by atoms with van der Waals surface area (Å²) in [5.41, 5.74) is 11.7. The lowest BCUT2D eigenvalue weighted by Gasteiger charge is -2.31. The van der Waals surface area contributed by atoms with Gasteiger partial charge in [-0.2, -0.15) is 0 Å². The van der Waals surface area contributed by atoms with Gasteiger partial charge in [0, 0.05) is 92.7 Å². The molecule has 8 nitrogen and oxygen atoms in total. The molecule has 10 aromatic rings. The molecule has 0 aliphatic carbocycles. The van der Waals surface area contributed by atoms with Gasteiger partial charge < -0.3 is 14.7 Å². The van der Waals surface area contributed by atoms with Gasteiger partial charge >= 0.3 is 0 Å². The summed E-state index contributed by atoms with van der Waals surface area (Å²) >= 11 is 0. The van der Waals surface area contributed by atoms with E-state index in [1.165, 1.54) is 0 Å². The largest absolute Gasteiger partial charge is 0.310 e. The fraction of sp³-hybridized carbons (Fsp3) is 0. The van der Waals surface area contributed by atoms with Gasteiger partial charge in [-0.15, -0.1) is 0 Å². The molecular formula is C55H40N8. The average Bonchev–Trinajstić information content (AvgIpc) is 3.36. The van der Waals surface area contributed by atoms with Crippen LogP contribution in [0.2, 0.25) is 0 Å². The number of hydrogen-bond donors (Lipinski definition) is 0. The van der Waals surface area contributed by atoms with E-state index >= 15 is 0 Å². The van der Waals surface area contributed by atoms with E-state index in [2.05, 4.69) is 195 Å². The lowest BCUT2D eigenvalue weighted by atomic mass is 10.1. The van der Waals surface area contributed by atoms with Crippen LogP contribution in [0, 0.1) is 0 Å². The van der Waals surface area contributed by atoms with Crippen molar-refractivity contribution in [3.8, 4) is 34.2 Å². The van der Waals surface area contributed by atoms with Crippen molar-refractivity contribution < 1.29 is 0 Å². The maximum absolute atomic E-state index is 4.96. The first-order valence-corrected chi connectivity index (χ1v) is 20.7. The third-order valence-electron chi connectivity index (χ3n) is 10.6. The highest BCUT2D eigenvalue weighted by Crippen LogP contribution is 2.43. The molecular weight excluding hydrogens is 773 g/mol. The highest BCUT2D eigenvalue weighted by molar-refractivity contribution is 5.86. The van der Waals surface area contributed by atoms with Crippen molar-refractivity contribution in [3.05, 3.63) is 243 Å². The third kappa shape index (κ3) is 8.37. The van der Waals surface area contributed by atoms with Crippen molar-refractivity contribution in [2.75, 3.05) is 14.7 Å². The molecule has 0 spiro atoms. The van der Waals surface area contributed by atoms with Gasteiger partial charge in [0.1, 0.15) is 0 Å². The summed E-state index contributed by atoms with van der Waals surface area (Å²) in [5, 5.41) is 0. The van der Waals surface area contributed by atoms with Gasteiger partial charge in [-0.25, -0.2) is 15.0 Å². The predicted molar refractivity (Wildman–Crippen MR) is 256 cm³/mol. The molecule has 0 amide bonds. The fourth-order valence-electron chi connectivity index (χ4n) is 7.71. The molecule has 0 radical (unpaired) electrons. The van der Waals surface area contributed by atoms with Gasteiger partial charge in [0.05, 0.1) is 0 Å². The first-order valence-electron chi connectivity index (χ1n) is 20.7. The van der Waals surface area contributed by atoms with Gasteiger partial charge in [-0.3, -0.25) is 9.97 Å². The van der Waals surface area contributed by atoms with Crippen molar-refractivity contribution in [1.82, 2.24) is 24.9 Å². The number of aromatic nitrogens is 5. The number of pyridine rings is 2. The SMILES string of the molecule is c1ccc(N(c2ccccc2)c2cccc(N(c3ccc(-c4nc(-c5cccnc5)nc(-c5cccnc5)n4)cc3)c3cccc(N(c4ccccc4)c4ccccc4)c3)c2)cc1. The Hall–Kier alpha value is -8.75. The Morgan fingerprint density at radius 1 is 0.238 bits per heavy atom. The van der Waals surface area contributed by atoms with E-state index in [4.69, 9.17) is 15.0 Å². The van der Waals surface area contributed by atoms with Crippen molar-refractivity contribution in [1.29, 1.82) is 0 Å². The predicted octanol–water partition coefficient (Wildman–Crippen LogP) is 14.1. The maximum atomic E-state index is 4.96. The van der Waals surface area contributed by atoms with Crippen LogP contribution in [0.15, 0.2) is 243 Å². The highest BCUT2D eigenvalue weighted by Gasteiger charge is 2.20. The molecule has 3 aromatic heterocycles. The molecule has 0 saturated heterocycles. The van der Waals surface area contributed by atoms with Crippen LogP contribution in [0.3, 0.4) is 0 Å². The molecule has 0 unspecified atom stereocenters. The zero-order chi connectivity index (χ0) is 42.2. The lowest BCUT2D eigenvalue weighted by molar-refractivity contribution is 1.07. The van der Waals surface area contributed by atoms with Crippen LogP contribution in [-0.4, -0.2) is 24.9 Å². The molecule has 3 heterocycles. The third-order valence-corrected chi connectivity index (χ3v) is 10.6. The molecule has 0 saturated carbocycles. The van der Waals surface area contributed by atoms with E-state index in [0.717, 1.165) is 67.9 Å². The van der Waals surface area contributed by atoms with Gasteiger partial charge in [0.15, 0.2) is 17.5 Å². The van der Waals surface area contributed by atoms with Crippen LogP contribution in [-0.2, 0) is 0 Å². The number of anilines is 9. The second-order valence-electron chi connectivity index (χ2n) is 14.7. The number of benzene rings is 7. The van der Waals surface area contributed by atoms with E-state index in [9.17, 15) is 0 Å². The van der Waals surface area contributed by atoms with E-state index in [-0.39, 0.29) is 0 Å².